The van der Waals surface area contributed by atoms with Gasteiger partial charge in [0.15, 0.2) is 0 Å². The predicted octanol–water partition coefficient (Wildman–Crippen LogP) is 4.08. The molecule has 1 fully saturated rings. The van der Waals surface area contributed by atoms with Gasteiger partial charge in [-0.15, -0.1) is 0 Å². The second-order valence-electron chi connectivity index (χ2n) is 4.89. The summed E-state index contributed by atoms with van der Waals surface area (Å²) in [6.45, 7) is 4.30. The Labute approximate surface area is 112 Å². The van der Waals surface area contributed by atoms with E-state index < -0.39 is 0 Å². The maximum atomic E-state index is 13.6. The van der Waals surface area contributed by atoms with Crippen LogP contribution in [0.25, 0.3) is 0 Å². The van der Waals surface area contributed by atoms with Crippen molar-refractivity contribution in [3.05, 3.63) is 34.6 Å². The number of piperidine rings is 1. The molecule has 2 atom stereocenters. The lowest BCUT2D eigenvalue weighted by molar-refractivity contribution is 0.109. The Kier molecular flexibility index (Phi) is 4.23. The minimum absolute atomic E-state index is 0.330. The van der Waals surface area contributed by atoms with E-state index in [-0.39, 0.29) is 5.82 Å². The number of hydrazone groups is 1. The Morgan fingerprint density at radius 1 is 1.33 bits per heavy atom. The van der Waals surface area contributed by atoms with Crippen molar-refractivity contribution in [1.29, 1.82) is 0 Å². The van der Waals surface area contributed by atoms with E-state index in [0.29, 0.717) is 22.7 Å². The Balaban J connectivity index is 2.19. The molecular formula is C14H18ClFN2. The topological polar surface area (TPSA) is 15.6 Å². The van der Waals surface area contributed by atoms with Crippen LogP contribution in [0, 0.1) is 5.82 Å². The monoisotopic (exact) mass is 268 g/mol. The number of halogens is 2. The molecule has 0 radical (unpaired) electrons. The van der Waals surface area contributed by atoms with E-state index in [1.165, 1.54) is 18.7 Å². The van der Waals surface area contributed by atoms with Crippen molar-refractivity contribution < 1.29 is 4.39 Å². The van der Waals surface area contributed by atoms with Gasteiger partial charge in [0.25, 0.3) is 0 Å². The predicted molar refractivity (Wildman–Crippen MR) is 73.6 cm³/mol. The second kappa shape index (κ2) is 5.70. The summed E-state index contributed by atoms with van der Waals surface area (Å²) in [7, 11) is 0. The van der Waals surface area contributed by atoms with Gasteiger partial charge in [0.1, 0.15) is 5.82 Å². The molecule has 0 aliphatic carbocycles. The Morgan fingerprint density at radius 2 is 2.00 bits per heavy atom. The van der Waals surface area contributed by atoms with Gasteiger partial charge in [-0.05, 0) is 45.2 Å². The molecule has 1 saturated heterocycles. The van der Waals surface area contributed by atoms with Crippen molar-refractivity contribution in [2.75, 3.05) is 0 Å². The molecule has 2 nitrogen and oxygen atoms in total. The van der Waals surface area contributed by atoms with Gasteiger partial charge in [-0.3, -0.25) is 5.01 Å². The van der Waals surface area contributed by atoms with Gasteiger partial charge in [0, 0.05) is 17.6 Å². The quantitative estimate of drug-likeness (QED) is 0.738. The number of hydrogen-bond acceptors (Lipinski definition) is 2. The highest BCUT2D eigenvalue weighted by molar-refractivity contribution is 6.33. The Hall–Kier alpha value is -1.09. The fourth-order valence-corrected chi connectivity index (χ4v) is 2.61. The molecule has 1 aliphatic rings. The van der Waals surface area contributed by atoms with Gasteiger partial charge in [0.05, 0.1) is 11.2 Å². The normalized spacial score (nSPS) is 24.8. The lowest BCUT2D eigenvalue weighted by Crippen LogP contribution is -2.39. The molecule has 1 heterocycles. The van der Waals surface area contributed by atoms with Gasteiger partial charge in [-0.1, -0.05) is 17.7 Å². The molecule has 0 N–H and O–H groups in total. The highest BCUT2D eigenvalue weighted by atomic mass is 35.5. The largest absolute Gasteiger partial charge is 0.292 e. The molecule has 2 rings (SSSR count). The summed E-state index contributed by atoms with van der Waals surface area (Å²) in [6.07, 6.45) is 5.03. The molecule has 0 saturated carbocycles. The highest BCUT2D eigenvalue weighted by Crippen LogP contribution is 2.23. The molecule has 98 valence electrons. The van der Waals surface area contributed by atoms with Gasteiger partial charge >= 0.3 is 0 Å². The molecule has 1 aliphatic heterocycles. The summed E-state index contributed by atoms with van der Waals surface area (Å²) in [6, 6.07) is 5.47. The first-order valence-corrected chi connectivity index (χ1v) is 6.73. The van der Waals surface area contributed by atoms with Gasteiger partial charge < -0.3 is 0 Å². The first-order chi connectivity index (χ1) is 8.59. The zero-order valence-corrected chi connectivity index (χ0v) is 11.5. The zero-order valence-electron chi connectivity index (χ0n) is 10.7. The van der Waals surface area contributed by atoms with Crippen LogP contribution in [0.5, 0.6) is 0 Å². The summed E-state index contributed by atoms with van der Waals surface area (Å²) >= 11 is 5.97. The van der Waals surface area contributed by atoms with Crippen molar-refractivity contribution in [3.63, 3.8) is 0 Å². The zero-order chi connectivity index (χ0) is 13.1. The van der Waals surface area contributed by atoms with E-state index >= 15 is 0 Å². The Bertz CT molecular complexity index is 417. The van der Waals surface area contributed by atoms with Gasteiger partial charge in [0.2, 0.25) is 0 Å². The fraction of sp³-hybridized carbons (Fsp3) is 0.500. The van der Waals surface area contributed by atoms with E-state index in [1.54, 1.807) is 12.1 Å². The molecule has 1 aromatic rings. The van der Waals surface area contributed by atoms with E-state index in [1.807, 2.05) is 5.01 Å². The van der Waals surface area contributed by atoms with Gasteiger partial charge in [-0.2, -0.15) is 5.10 Å². The van der Waals surface area contributed by atoms with Crippen molar-refractivity contribution in [2.24, 2.45) is 5.10 Å². The van der Waals surface area contributed by atoms with Crippen LogP contribution in [0.15, 0.2) is 23.3 Å². The maximum absolute atomic E-state index is 13.6. The molecule has 0 unspecified atom stereocenters. The number of rotatable bonds is 2. The van der Waals surface area contributed by atoms with E-state index in [9.17, 15) is 4.39 Å². The summed E-state index contributed by atoms with van der Waals surface area (Å²) in [5.74, 6) is -0.330. The lowest BCUT2D eigenvalue weighted by atomic mass is 10.00. The smallest absolute Gasteiger partial charge is 0.133 e. The third-order valence-corrected chi connectivity index (χ3v) is 3.80. The van der Waals surface area contributed by atoms with Crippen molar-refractivity contribution in [2.45, 2.75) is 45.2 Å². The third-order valence-electron chi connectivity index (χ3n) is 3.47. The van der Waals surface area contributed by atoms with Crippen molar-refractivity contribution in [1.82, 2.24) is 5.01 Å². The van der Waals surface area contributed by atoms with Crippen molar-refractivity contribution >= 4 is 17.8 Å². The molecule has 18 heavy (non-hydrogen) atoms. The summed E-state index contributed by atoms with van der Waals surface area (Å²) < 4.78 is 13.6. The van der Waals surface area contributed by atoms with Crippen LogP contribution in [0.1, 0.15) is 38.7 Å². The number of hydrogen-bond donors (Lipinski definition) is 0. The van der Waals surface area contributed by atoms with Crippen LogP contribution >= 0.6 is 11.6 Å². The van der Waals surface area contributed by atoms with E-state index in [4.69, 9.17) is 11.6 Å². The number of benzene rings is 1. The summed E-state index contributed by atoms with van der Waals surface area (Å²) in [4.78, 5) is 0. The molecule has 1 aromatic carbocycles. The van der Waals surface area contributed by atoms with E-state index in [2.05, 4.69) is 18.9 Å². The molecule has 4 heteroatoms. The van der Waals surface area contributed by atoms with Crippen LogP contribution in [-0.2, 0) is 0 Å². The van der Waals surface area contributed by atoms with Gasteiger partial charge in [-0.25, -0.2) is 4.39 Å². The minimum atomic E-state index is -0.330. The molecule has 0 spiro atoms. The number of nitrogens with zero attached hydrogens (tertiary/aromatic N) is 2. The van der Waals surface area contributed by atoms with Crippen LogP contribution in [0.2, 0.25) is 5.02 Å². The summed E-state index contributed by atoms with van der Waals surface area (Å²) in [5, 5.41) is 6.87. The molecular weight excluding hydrogens is 251 g/mol. The second-order valence-corrected chi connectivity index (χ2v) is 5.30. The highest BCUT2D eigenvalue weighted by Gasteiger charge is 2.22. The maximum Gasteiger partial charge on any atom is 0.133 e. The fourth-order valence-electron chi connectivity index (χ4n) is 2.39. The van der Waals surface area contributed by atoms with Crippen molar-refractivity contribution in [3.8, 4) is 0 Å². The third kappa shape index (κ3) is 2.83. The minimum Gasteiger partial charge on any atom is -0.292 e. The molecule has 0 amide bonds. The average molecular weight is 269 g/mol. The van der Waals surface area contributed by atoms with Crippen LogP contribution in [-0.4, -0.2) is 23.3 Å². The SMILES string of the molecule is C[C@@H]1CCC[C@H](C)N1N=Cc1c(F)cccc1Cl. The summed E-state index contributed by atoms with van der Waals surface area (Å²) in [5.41, 5.74) is 0.365. The Morgan fingerprint density at radius 3 is 2.61 bits per heavy atom. The average Bonchev–Trinajstić information content (AvgIpc) is 2.31. The first-order valence-electron chi connectivity index (χ1n) is 6.36. The first kappa shape index (κ1) is 13.3. The molecule has 0 bridgehead atoms. The molecule has 0 aromatic heterocycles. The van der Waals surface area contributed by atoms with E-state index in [0.717, 1.165) is 12.8 Å². The standard InChI is InChI=1S/C14H18ClFN2/c1-10-5-3-6-11(2)18(10)17-9-12-13(15)7-4-8-14(12)16/h4,7-11H,3,5-6H2,1-2H3/t10-,11+. The van der Waals surface area contributed by atoms with Crippen LogP contribution in [0.3, 0.4) is 0 Å². The van der Waals surface area contributed by atoms with Crippen LogP contribution in [0.4, 0.5) is 4.39 Å². The lowest BCUT2D eigenvalue weighted by Gasteiger charge is -2.36. The van der Waals surface area contributed by atoms with Crippen LogP contribution < -0.4 is 0 Å².